The van der Waals surface area contributed by atoms with E-state index in [0.717, 1.165) is 25.7 Å². The summed E-state index contributed by atoms with van der Waals surface area (Å²) < 4.78 is 0. The average Bonchev–Trinajstić information content (AvgIpc) is 2.74. The summed E-state index contributed by atoms with van der Waals surface area (Å²) in [6.45, 7) is 6.55. The number of aliphatic hydroxyl groups is 2. The van der Waals surface area contributed by atoms with Crippen molar-refractivity contribution in [2.75, 3.05) is 0 Å². The van der Waals surface area contributed by atoms with Crippen molar-refractivity contribution in [2.24, 2.45) is 5.92 Å². The van der Waals surface area contributed by atoms with E-state index in [1.807, 2.05) is 0 Å². The molecular weight excluding hydrogens is 368 g/mol. The Morgan fingerprint density at radius 3 is 1.40 bits per heavy atom. The van der Waals surface area contributed by atoms with Gasteiger partial charge < -0.3 is 10.2 Å². The van der Waals surface area contributed by atoms with Crippen molar-refractivity contribution in [1.29, 1.82) is 0 Å². The molecule has 0 aromatic rings. The van der Waals surface area contributed by atoms with Crippen molar-refractivity contribution in [3.63, 3.8) is 0 Å². The molecule has 0 aromatic carbocycles. The van der Waals surface area contributed by atoms with E-state index < -0.39 is 5.79 Å². The zero-order chi connectivity index (χ0) is 22.3. The quantitative estimate of drug-likeness (QED) is 0.110. The maximum absolute atomic E-state index is 10.00. The van der Waals surface area contributed by atoms with E-state index in [4.69, 9.17) is 0 Å². The number of hydrogen-bond acceptors (Lipinski definition) is 2. The van der Waals surface area contributed by atoms with Gasteiger partial charge in [-0.25, -0.2) is 0 Å². The third-order valence-electron chi connectivity index (χ3n) is 6.17. The summed E-state index contributed by atoms with van der Waals surface area (Å²) in [6.07, 6.45) is 26.1. The monoisotopic (exact) mass is 422 g/mol. The smallest absolute Gasteiger partial charge is 0.228 e. The minimum atomic E-state index is -1.80. The summed E-state index contributed by atoms with van der Waals surface area (Å²) >= 11 is 0. The SMILES string of the molecule is CCCCCCCCCCCCCCCCC(C#CC(O)(O)CCCC)CCCC. The molecule has 0 aliphatic carbocycles. The van der Waals surface area contributed by atoms with E-state index in [2.05, 4.69) is 32.6 Å². The second kappa shape index (κ2) is 21.7. The molecular formula is C28H54O2. The lowest BCUT2D eigenvalue weighted by Crippen LogP contribution is -2.25. The van der Waals surface area contributed by atoms with E-state index in [0.29, 0.717) is 12.3 Å². The molecule has 2 nitrogen and oxygen atoms in total. The van der Waals surface area contributed by atoms with Gasteiger partial charge >= 0.3 is 0 Å². The molecule has 2 heteroatoms. The first kappa shape index (κ1) is 29.5. The van der Waals surface area contributed by atoms with Crippen LogP contribution in [0.4, 0.5) is 0 Å². The normalized spacial score (nSPS) is 12.6. The van der Waals surface area contributed by atoms with E-state index in [1.165, 1.54) is 103 Å². The molecule has 0 radical (unpaired) electrons. The van der Waals surface area contributed by atoms with Crippen LogP contribution in [0.3, 0.4) is 0 Å². The van der Waals surface area contributed by atoms with Gasteiger partial charge in [0.25, 0.3) is 0 Å². The molecule has 30 heavy (non-hydrogen) atoms. The molecule has 0 amide bonds. The number of hydrogen-bond donors (Lipinski definition) is 2. The highest BCUT2D eigenvalue weighted by molar-refractivity contribution is 5.11. The summed E-state index contributed by atoms with van der Waals surface area (Å²) in [5, 5.41) is 20.0. The molecule has 0 rings (SSSR count). The Hall–Kier alpha value is -0.520. The predicted octanol–water partition coefficient (Wildman–Crippen LogP) is 8.54. The van der Waals surface area contributed by atoms with Gasteiger partial charge in [-0.05, 0) is 25.2 Å². The molecule has 0 heterocycles. The first-order valence-corrected chi connectivity index (χ1v) is 13.5. The van der Waals surface area contributed by atoms with Crippen molar-refractivity contribution in [3.8, 4) is 11.8 Å². The average molecular weight is 423 g/mol. The highest BCUT2D eigenvalue weighted by Crippen LogP contribution is 2.19. The molecule has 1 unspecified atom stereocenters. The number of unbranched alkanes of at least 4 members (excludes halogenated alkanes) is 15. The van der Waals surface area contributed by atoms with E-state index in [9.17, 15) is 10.2 Å². The summed E-state index contributed by atoms with van der Waals surface area (Å²) in [5.41, 5.74) is 0. The van der Waals surface area contributed by atoms with Gasteiger partial charge in [-0.3, -0.25) is 0 Å². The minimum absolute atomic E-state index is 0.322. The van der Waals surface area contributed by atoms with Gasteiger partial charge in [-0.2, -0.15) is 0 Å². The van der Waals surface area contributed by atoms with Crippen molar-refractivity contribution in [1.82, 2.24) is 0 Å². The van der Waals surface area contributed by atoms with Crippen molar-refractivity contribution >= 4 is 0 Å². The third-order valence-corrected chi connectivity index (χ3v) is 6.17. The maximum Gasteiger partial charge on any atom is 0.228 e. The Balaban J connectivity index is 3.77. The summed E-state index contributed by atoms with van der Waals surface area (Å²) in [4.78, 5) is 0. The van der Waals surface area contributed by atoms with Gasteiger partial charge in [0.05, 0.1) is 0 Å². The minimum Gasteiger partial charge on any atom is -0.356 e. The maximum atomic E-state index is 10.00. The molecule has 1 atom stereocenters. The summed E-state index contributed by atoms with van der Waals surface area (Å²) in [5.74, 6) is 4.49. The van der Waals surface area contributed by atoms with Gasteiger partial charge in [-0.15, -0.1) is 0 Å². The van der Waals surface area contributed by atoms with Crippen LogP contribution in [0.1, 0.15) is 156 Å². The first-order valence-electron chi connectivity index (χ1n) is 13.5. The molecule has 0 aliphatic heterocycles. The van der Waals surface area contributed by atoms with Gasteiger partial charge in [0.15, 0.2) is 0 Å². The van der Waals surface area contributed by atoms with Gasteiger partial charge in [-0.1, -0.05) is 136 Å². The Kier molecular flexibility index (Phi) is 21.3. The van der Waals surface area contributed by atoms with Crippen LogP contribution in [0.15, 0.2) is 0 Å². The highest BCUT2D eigenvalue weighted by Gasteiger charge is 2.18. The van der Waals surface area contributed by atoms with Crippen LogP contribution in [0, 0.1) is 17.8 Å². The number of rotatable bonds is 21. The van der Waals surface area contributed by atoms with Gasteiger partial charge in [0, 0.05) is 12.3 Å². The molecule has 0 bridgehead atoms. The van der Waals surface area contributed by atoms with Crippen LogP contribution in [0.25, 0.3) is 0 Å². The van der Waals surface area contributed by atoms with Gasteiger partial charge in [0.1, 0.15) is 0 Å². The molecule has 0 saturated heterocycles. The predicted molar refractivity (Wildman–Crippen MR) is 132 cm³/mol. The van der Waals surface area contributed by atoms with Crippen LogP contribution in [-0.4, -0.2) is 16.0 Å². The Morgan fingerprint density at radius 1 is 0.533 bits per heavy atom. The molecule has 0 aliphatic rings. The molecule has 178 valence electrons. The van der Waals surface area contributed by atoms with Gasteiger partial charge in [0.2, 0.25) is 5.79 Å². The van der Waals surface area contributed by atoms with E-state index >= 15 is 0 Å². The second-order valence-electron chi connectivity index (χ2n) is 9.41. The Labute approximate surface area is 189 Å². The summed E-state index contributed by atoms with van der Waals surface area (Å²) in [6, 6.07) is 0. The Bertz CT molecular complexity index is 405. The molecule has 0 fully saturated rings. The Morgan fingerprint density at radius 2 is 0.933 bits per heavy atom. The fourth-order valence-corrected chi connectivity index (χ4v) is 4.03. The van der Waals surface area contributed by atoms with Crippen LogP contribution in [0.2, 0.25) is 0 Å². The van der Waals surface area contributed by atoms with Crippen LogP contribution < -0.4 is 0 Å². The second-order valence-corrected chi connectivity index (χ2v) is 9.41. The first-order chi connectivity index (χ1) is 14.6. The van der Waals surface area contributed by atoms with Crippen molar-refractivity contribution < 1.29 is 10.2 Å². The fourth-order valence-electron chi connectivity index (χ4n) is 4.03. The standard InChI is InChI=1S/C28H54O2/c1-4-7-10-11-12-13-14-15-16-17-18-19-20-21-23-27(22-8-5-2)24-26-28(29,30)25-9-6-3/h27,29-30H,4-23,25H2,1-3H3. The van der Waals surface area contributed by atoms with Crippen molar-refractivity contribution in [3.05, 3.63) is 0 Å². The lowest BCUT2D eigenvalue weighted by atomic mass is 9.94. The molecule has 0 saturated carbocycles. The molecule has 0 spiro atoms. The zero-order valence-corrected chi connectivity index (χ0v) is 20.8. The topological polar surface area (TPSA) is 40.5 Å². The summed E-state index contributed by atoms with van der Waals surface area (Å²) in [7, 11) is 0. The highest BCUT2D eigenvalue weighted by atomic mass is 16.5. The molecule has 2 N–H and O–H groups in total. The van der Waals surface area contributed by atoms with E-state index in [-0.39, 0.29) is 0 Å². The van der Waals surface area contributed by atoms with Crippen molar-refractivity contribution in [2.45, 2.75) is 161 Å². The molecule has 0 aromatic heterocycles. The third kappa shape index (κ3) is 20.7. The van der Waals surface area contributed by atoms with Crippen LogP contribution in [0.5, 0.6) is 0 Å². The van der Waals surface area contributed by atoms with Crippen LogP contribution >= 0.6 is 0 Å². The van der Waals surface area contributed by atoms with E-state index in [1.54, 1.807) is 0 Å². The zero-order valence-electron chi connectivity index (χ0n) is 20.8. The fraction of sp³-hybridized carbons (Fsp3) is 0.929. The van der Waals surface area contributed by atoms with Crippen LogP contribution in [-0.2, 0) is 0 Å². The lowest BCUT2D eigenvalue weighted by molar-refractivity contribution is -0.115. The largest absolute Gasteiger partial charge is 0.356 e. The lowest BCUT2D eigenvalue weighted by Gasteiger charge is -2.15.